The SMILES string of the molecule is C(#CC1CCOC1)c1ccccn1. The molecule has 13 heavy (non-hydrogen) atoms. The van der Waals surface area contributed by atoms with E-state index in [1.54, 1.807) is 6.20 Å². The fraction of sp³-hybridized carbons (Fsp3) is 0.364. The molecule has 1 aliphatic heterocycles. The summed E-state index contributed by atoms with van der Waals surface area (Å²) in [5.41, 5.74) is 0.842. The molecule has 2 heteroatoms. The van der Waals surface area contributed by atoms with Crippen LogP contribution in [-0.2, 0) is 4.74 Å². The predicted octanol–water partition coefficient (Wildman–Crippen LogP) is 1.47. The van der Waals surface area contributed by atoms with E-state index < -0.39 is 0 Å². The Morgan fingerprint density at radius 3 is 3.15 bits per heavy atom. The Hall–Kier alpha value is -1.33. The monoisotopic (exact) mass is 173 g/mol. The Labute approximate surface area is 77.9 Å². The van der Waals surface area contributed by atoms with E-state index in [1.807, 2.05) is 18.2 Å². The molecule has 0 saturated carbocycles. The van der Waals surface area contributed by atoms with Gasteiger partial charge < -0.3 is 4.74 Å². The van der Waals surface area contributed by atoms with E-state index in [-0.39, 0.29) is 0 Å². The average Bonchev–Trinajstić information content (AvgIpc) is 2.69. The van der Waals surface area contributed by atoms with Crippen molar-refractivity contribution in [2.45, 2.75) is 6.42 Å². The quantitative estimate of drug-likeness (QED) is 0.554. The van der Waals surface area contributed by atoms with Gasteiger partial charge in [-0.1, -0.05) is 12.0 Å². The van der Waals surface area contributed by atoms with Gasteiger partial charge in [0.25, 0.3) is 0 Å². The molecule has 2 heterocycles. The number of ether oxygens (including phenoxy) is 1. The molecule has 1 aromatic rings. The van der Waals surface area contributed by atoms with Gasteiger partial charge in [-0.2, -0.15) is 0 Å². The third-order valence-corrected chi connectivity index (χ3v) is 2.00. The lowest BCUT2D eigenvalue weighted by atomic mass is 10.1. The van der Waals surface area contributed by atoms with Gasteiger partial charge in [0, 0.05) is 18.7 Å². The molecule has 1 fully saturated rings. The van der Waals surface area contributed by atoms with Crippen LogP contribution in [0.25, 0.3) is 0 Å². The molecule has 1 atom stereocenters. The van der Waals surface area contributed by atoms with Crippen LogP contribution < -0.4 is 0 Å². The van der Waals surface area contributed by atoms with Crippen LogP contribution in [0.3, 0.4) is 0 Å². The van der Waals surface area contributed by atoms with Crippen molar-refractivity contribution in [2.75, 3.05) is 13.2 Å². The Morgan fingerprint density at radius 2 is 2.46 bits per heavy atom. The molecule has 0 aromatic carbocycles. The van der Waals surface area contributed by atoms with E-state index in [0.717, 1.165) is 25.3 Å². The first kappa shape index (κ1) is 8.28. The Morgan fingerprint density at radius 1 is 1.46 bits per heavy atom. The van der Waals surface area contributed by atoms with Crippen LogP contribution >= 0.6 is 0 Å². The molecule has 1 aliphatic rings. The van der Waals surface area contributed by atoms with Crippen LogP contribution in [0.5, 0.6) is 0 Å². The molecular weight excluding hydrogens is 162 g/mol. The lowest BCUT2D eigenvalue weighted by molar-refractivity contribution is 0.192. The number of hydrogen-bond acceptors (Lipinski definition) is 2. The topological polar surface area (TPSA) is 22.1 Å². The van der Waals surface area contributed by atoms with E-state index in [2.05, 4.69) is 16.8 Å². The maximum absolute atomic E-state index is 5.22. The maximum atomic E-state index is 5.22. The highest BCUT2D eigenvalue weighted by Gasteiger charge is 2.11. The largest absolute Gasteiger partial charge is 0.380 e. The minimum absolute atomic E-state index is 0.405. The standard InChI is InChI=1S/C11H11NO/c1-2-7-12-11(3-1)5-4-10-6-8-13-9-10/h1-3,7,10H,6,8-9H2. The molecule has 1 saturated heterocycles. The lowest BCUT2D eigenvalue weighted by Crippen LogP contribution is -1.94. The van der Waals surface area contributed by atoms with Crippen molar-refractivity contribution in [3.63, 3.8) is 0 Å². The van der Waals surface area contributed by atoms with E-state index in [4.69, 9.17) is 4.74 Å². The van der Waals surface area contributed by atoms with Crippen molar-refractivity contribution in [3.8, 4) is 11.8 Å². The van der Waals surface area contributed by atoms with Crippen LogP contribution in [0.1, 0.15) is 12.1 Å². The van der Waals surface area contributed by atoms with E-state index >= 15 is 0 Å². The first-order chi connectivity index (χ1) is 6.45. The molecule has 1 aromatic heterocycles. The summed E-state index contributed by atoms with van der Waals surface area (Å²) in [6.45, 7) is 1.63. The van der Waals surface area contributed by atoms with Gasteiger partial charge in [0.1, 0.15) is 5.69 Å². The van der Waals surface area contributed by atoms with E-state index in [1.165, 1.54) is 0 Å². The Kier molecular flexibility index (Phi) is 2.59. The van der Waals surface area contributed by atoms with Crippen molar-refractivity contribution in [1.82, 2.24) is 4.98 Å². The summed E-state index contributed by atoms with van der Waals surface area (Å²) in [6.07, 6.45) is 2.81. The third kappa shape index (κ3) is 2.30. The number of aromatic nitrogens is 1. The minimum atomic E-state index is 0.405. The molecule has 0 N–H and O–H groups in total. The van der Waals surface area contributed by atoms with Crippen molar-refractivity contribution in [3.05, 3.63) is 30.1 Å². The van der Waals surface area contributed by atoms with Crippen molar-refractivity contribution in [2.24, 2.45) is 5.92 Å². The molecule has 0 spiro atoms. The lowest BCUT2D eigenvalue weighted by Gasteiger charge is -1.92. The van der Waals surface area contributed by atoms with Gasteiger partial charge in [0.15, 0.2) is 0 Å². The highest BCUT2D eigenvalue weighted by atomic mass is 16.5. The zero-order valence-corrected chi connectivity index (χ0v) is 7.36. The fourth-order valence-corrected chi connectivity index (χ4v) is 1.26. The van der Waals surface area contributed by atoms with Gasteiger partial charge in [0.2, 0.25) is 0 Å². The van der Waals surface area contributed by atoms with Crippen molar-refractivity contribution < 1.29 is 4.74 Å². The maximum Gasteiger partial charge on any atom is 0.113 e. The molecule has 2 rings (SSSR count). The highest BCUT2D eigenvalue weighted by Crippen LogP contribution is 2.10. The molecule has 0 aliphatic carbocycles. The average molecular weight is 173 g/mol. The fourth-order valence-electron chi connectivity index (χ4n) is 1.26. The van der Waals surface area contributed by atoms with Crippen molar-refractivity contribution in [1.29, 1.82) is 0 Å². The number of pyridine rings is 1. The van der Waals surface area contributed by atoms with Crippen LogP contribution in [0.15, 0.2) is 24.4 Å². The molecule has 0 amide bonds. The highest BCUT2D eigenvalue weighted by molar-refractivity contribution is 5.27. The summed E-state index contributed by atoms with van der Waals surface area (Å²) in [5.74, 6) is 6.61. The number of nitrogens with zero attached hydrogens (tertiary/aromatic N) is 1. The molecule has 0 bridgehead atoms. The van der Waals surface area contributed by atoms with Gasteiger partial charge in [-0.25, -0.2) is 4.98 Å². The van der Waals surface area contributed by atoms with Crippen LogP contribution in [0.4, 0.5) is 0 Å². The van der Waals surface area contributed by atoms with Crippen molar-refractivity contribution >= 4 is 0 Å². The van der Waals surface area contributed by atoms with E-state index in [9.17, 15) is 0 Å². The van der Waals surface area contributed by atoms with Crippen LogP contribution in [0, 0.1) is 17.8 Å². The predicted molar refractivity (Wildman–Crippen MR) is 50.0 cm³/mol. The third-order valence-electron chi connectivity index (χ3n) is 2.00. The second-order valence-corrected chi connectivity index (χ2v) is 3.04. The number of hydrogen-bond donors (Lipinski definition) is 0. The Balaban J connectivity index is 2.03. The summed E-state index contributed by atoms with van der Waals surface area (Å²) < 4.78 is 5.22. The minimum Gasteiger partial charge on any atom is -0.380 e. The smallest absolute Gasteiger partial charge is 0.113 e. The second kappa shape index (κ2) is 4.06. The van der Waals surface area contributed by atoms with Crippen LogP contribution in [0.2, 0.25) is 0 Å². The van der Waals surface area contributed by atoms with E-state index in [0.29, 0.717) is 5.92 Å². The summed E-state index contributed by atoms with van der Waals surface area (Å²) in [4.78, 5) is 4.13. The first-order valence-corrected chi connectivity index (χ1v) is 4.45. The second-order valence-electron chi connectivity index (χ2n) is 3.04. The zero-order chi connectivity index (χ0) is 8.93. The summed E-state index contributed by atoms with van der Waals surface area (Å²) in [7, 11) is 0. The summed E-state index contributed by atoms with van der Waals surface area (Å²) >= 11 is 0. The molecule has 1 unspecified atom stereocenters. The van der Waals surface area contributed by atoms with Gasteiger partial charge in [-0.3, -0.25) is 0 Å². The molecular formula is C11H11NO. The van der Waals surface area contributed by atoms with Crippen LogP contribution in [-0.4, -0.2) is 18.2 Å². The normalized spacial score (nSPS) is 20.8. The van der Waals surface area contributed by atoms with Gasteiger partial charge in [-0.15, -0.1) is 0 Å². The summed E-state index contributed by atoms with van der Waals surface area (Å²) in [5, 5.41) is 0. The molecule has 0 radical (unpaired) electrons. The van der Waals surface area contributed by atoms with Gasteiger partial charge in [-0.05, 0) is 24.5 Å². The molecule has 2 nitrogen and oxygen atoms in total. The first-order valence-electron chi connectivity index (χ1n) is 4.45. The summed E-state index contributed by atoms with van der Waals surface area (Å²) in [6, 6.07) is 5.76. The van der Waals surface area contributed by atoms with Gasteiger partial charge in [0.05, 0.1) is 6.61 Å². The number of rotatable bonds is 0. The zero-order valence-electron chi connectivity index (χ0n) is 7.36. The molecule has 66 valence electrons. The Bertz CT molecular complexity index is 317. The van der Waals surface area contributed by atoms with Gasteiger partial charge >= 0.3 is 0 Å².